The van der Waals surface area contributed by atoms with Gasteiger partial charge < -0.3 is 13.9 Å². The highest BCUT2D eigenvalue weighted by Gasteiger charge is 2.28. The molecule has 9 nitrogen and oxygen atoms in total. The van der Waals surface area contributed by atoms with Crippen molar-refractivity contribution in [3.05, 3.63) is 60.2 Å². The van der Waals surface area contributed by atoms with E-state index in [9.17, 15) is 17.6 Å². The lowest BCUT2D eigenvalue weighted by molar-refractivity contribution is -0.151. The molecule has 31 heavy (non-hydrogen) atoms. The second-order valence-electron chi connectivity index (χ2n) is 6.53. The summed E-state index contributed by atoms with van der Waals surface area (Å²) >= 11 is 0. The van der Waals surface area contributed by atoms with Crippen LogP contribution in [0.3, 0.4) is 0 Å². The van der Waals surface area contributed by atoms with Crippen molar-refractivity contribution in [3.8, 4) is 17.2 Å². The molecule has 0 radical (unpaired) electrons. The molecule has 164 valence electrons. The number of sulfonamides is 1. The minimum Gasteiger partial charge on any atom is -0.497 e. The summed E-state index contributed by atoms with van der Waals surface area (Å²) in [5.41, 5.74) is 0.643. The third-order valence-corrected chi connectivity index (χ3v) is 5.80. The molecule has 0 saturated heterocycles. The Labute approximate surface area is 178 Å². The highest BCUT2D eigenvalue weighted by molar-refractivity contribution is 7.89. The topological polar surface area (TPSA) is 121 Å². The van der Waals surface area contributed by atoms with Crippen LogP contribution in [0.1, 0.15) is 25.8 Å². The quantitative estimate of drug-likeness (QED) is 0.521. The zero-order valence-corrected chi connectivity index (χ0v) is 17.7. The van der Waals surface area contributed by atoms with Crippen molar-refractivity contribution in [3.63, 3.8) is 0 Å². The van der Waals surface area contributed by atoms with Crippen LogP contribution in [0.2, 0.25) is 0 Å². The first-order chi connectivity index (χ1) is 14.7. The van der Waals surface area contributed by atoms with Crippen LogP contribution in [0.15, 0.2) is 57.8 Å². The maximum atomic E-state index is 13.8. The lowest BCUT2D eigenvalue weighted by Gasteiger charge is -2.16. The Hall–Kier alpha value is -3.31. The van der Waals surface area contributed by atoms with Crippen molar-refractivity contribution in [2.45, 2.75) is 30.9 Å². The van der Waals surface area contributed by atoms with E-state index in [2.05, 4.69) is 14.9 Å². The highest BCUT2D eigenvalue weighted by atomic mass is 32.2. The molecule has 0 amide bonds. The second kappa shape index (κ2) is 9.23. The molecule has 0 bridgehead atoms. The van der Waals surface area contributed by atoms with Gasteiger partial charge in [0.2, 0.25) is 15.9 Å². The summed E-state index contributed by atoms with van der Waals surface area (Å²) in [7, 11) is -2.71. The predicted octanol–water partition coefficient (Wildman–Crippen LogP) is 2.86. The Bertz CT molecular complexity index is 1160. The Balaban J connectivity index is 1.65. The van der Waals surface area contributed by atoms with E-state index in [0.29, 0.717) is 11.3 Å². The SMILES string of the molecule is COc1ccc(-c2nnc([C@H](C)OC(=O)[C@@H](C)NS(=O)(=O)c3ccccc3F)o2)cc1. The van der Waals surface area contributed by atoms with Crippen LogP contribution in [0.25, 0.3) is 11.5 Å². The molecule has 1 N–H and O–H groups in total. The number of aromatic nitrogens is 2. The number of hydrogen-bond donors (Lipinski definition) is 1. The molecule has 0 aliphatic heterocycles. The Morgan fingerprint density at radius 1 is 1.10 bits per heavy atom. The molecule has 0 aliphatic carbocycles. The number of esters is 1. The van der Waals surface area contributed by atoms with Crippen molar-refractivity contribution in [2.75, 3.05) is 7.11 Å². The van der Waals surface area contributed by atoms with Gasteiger partial charge in [-0.25, -0.2) is 12.8 Å². The number of methoxy groups -OCH3 is 1. The van der Waals surface area contributed by atoms with E-state index >= 15 is 0 Å². The summed E-state index contributed by atoms with van der Waals surface area (Å²) in [6, 6.07) is 10.5. The minimum atomic E-state index is -4.26. The van der Waals surface area contributed by atoms with Crippen LogP contribution in [-0.2, 0) is 19.6 Å². The van der Waals surface area contributed by atoms with Gasteiger partial charge >= 0.3 is 5.97 Å². The summed E-state index contributed by atoms with van der Waals surface area (Å²) in [6.45, 7) is 2.78. The molecule has 3 rings (SSSR count). The standard InChI is InChI=1S/C20H20FN3O6S/c1-12(24-31(26,27)17-7-5-4-6-16(17)21)20(25)29-13(2)18-22-23-19(30-18)14-8-10-15(28-3)11-9-14/h4-13,24H,1-3H3/t12-,13+/m1/s1. The molecule has 1 heterocycles. The third kappa shape index (κ3) is 5.25. The first kappa shape index (κ1) is 22.4. The van der Waals surface area contributed by atoms with Crippen LogP contribution >= 0.6 is 0 Å². The van der Waals surface area contributed by atoms with E-state index < -0.39 is 38.9 Å². The molecule has 0 fully saturated rings. The molecule has 11 heteroatoms. The second-order valence-corrected chi connectivity index (χ2v) is 8.21. The summed E-state index contributed by atoms with van der Waals surface area (Å²) in [6.07, 6.45) is -0.938. The summed E-state index contributed by atoms with van der Waals surface area (Å²) in [4.78, 5) is 11.8. The predicted molar refractivity (Wildman–Crippen MR) is 107 cm³/mol. The number of ether oxygens (including phenoxy) is 2. The van der Waals surface area contributed by atoms with Crippen molar-refractivity contribution >= 4 is 16.0 Å². The fourth-order valence-corrected chi connectivity index (χ4v) is 3.85. The molecule has 0 aliphatic rings. The highest BCUT2D eigenvalue weighted by Crippen LogP contribution is 2.24. The lowest BCUT2D eigenvalue weighted by atomic mass is 10.2. The lowest BCUT2D eigenvalue weighted by Crippen LogP contribution is -2.40. The molecule has 2 atom stereocenters. The van der Waals surface area contributed by atoms with E-state index in [1.807, 2.05) is 0 Å². The fourth-order valence-electron chi connectivity index (χ4n) is 2.58. The van der Waals surface area contributed by atoms with Crippen molar-refractivity contribution in [2.24, 2.45) is 0 Å². The number of hydrogen-bond acceptors (Lipinski definition) is 8. The summed E-state index contributed by atoms with van der Waals surface area (Å²) < 4.78 is 56.4. The summed E-state index contributed by atoms with van der Waals surface area (Å²) in [5.74, 6) is -0.910. The minimum absolute atomic E-state index is 0.0309. The van der Waals surface area contributed by atoms with E-state index in [-0.39, 0.29) is 11.8 Å². The van der Waals surface area contributed by atoms with Crippen LogP contribution in [-0.4, -0.2) is 37.7 Å². The number of nitrogens with zero attached hydrogens (tertiary/aromatic N) is 2. The van der Waals surface area contributed by atoms with E-state index in [0.717, 1.165) is 12.1 Å². The van der Waals surface area contributed by atoms with Crippen molar-refractivity contribution < 1.29 is 31.5 Å². The first-order valence-corrected chi connectivity index (χ1v) is 10.6. The van der Waals surface area contributed by atoms with E-state index in [1.54, 1.807) is 31.4 Å². The first-order valence-electron chi connectivity index (χ1n) is 9.16. The van der Waals surface area contributed by atoms with Gasteiger partial charge in [0.1, 0.15) is 22.5 Å². The van der Waals surface area contributed by atoms with Crippen LogP contribution in [0, 0.1) is 5.82 Å². The molecule has 2 aromatic carbocycles. The molecular weight excluding hydrogens is 429 g/mol. The van der Waals surface area contributed by atoms with Gasteiger partial charge in [-0.3, -0.25) is 4.79 Å². The van der Waals surface area contributed by atoms with E-state index in [4.69, 9.17) is 13.9 Å². The van der Waals surface area contributed by atoms with Crippen LogP contribution in [0.4, 0.5) is 4.39 Å². The van der Waals surface area contributed by atoms with Gasteiger partial charge in [-0.2, -0.15) is 4.72 Å². The Morgan fingerprint density at radius 2 is 1.77 bits per heavy atom. The Morgan fingerprint density at radius 3 is 2.42 bits per heavy atom. The van der Waals surface area contributed by atoms with Gasteiger partial charge in [0.15, 0.2) is 6.10 Å². The fraction of sp³-hybridized carbons (Fsp3) is 0.250. The van der Waals surface area contributed by atoms with Gasteiger partial charge in [0.05, 0.1) is 7.11 Å². The number of carbonyl (C=O) groups excluding carboxylic acids is 1. The molecule has 0 saturated carbocycles. The number of carbonyl (C=O) groups is 1. The molecule has 3 aromatic rings. The van der Waals surface area contributed by atoms with Crippen molar-refractivity contribution in [1.82, 2.24) is 14.9 Å². The smallest absolute Gasteiger partial charge is 0.324 e. The zero-order valence-electron chi connectivity index (χ0n) is 16.9. The molecule has 1 aromatic heterocycles. The van der Waals surface area contributed by atoms with E-state index in [1.165, 1.54) is 26.0 Å². The number of nitrogens with one attached hydrogen (secondary N) is 1. The monoisotopic (exact) mass is 449 g/mol. The Kier molecular flexibility index (Phi) is 6.66. The van der Waals surface area contributed by atoms with Gasteiger partial charge in [-0.1, -0.05) is 12.1 Å². The average Bonchev–Trinajstić information content (AvgIpc) is 3.24. The normalized spacial score (nSPS) is 13.4. The number of halogens is 1. The average molecular weight is 449 g/mol. The van der Waals surface area contributed by atoms with Gasteiger partial charge in [-0.15, -0.1) is 10.2 Å². The number of benzene rings is 2. The maximum Gasteiger partial charge on any atom is 0.324 e. The molecule has 0 spiro atoms. The van der Waals surface area contributed by atoms with Crippen LogP contribution < -0.4 is 9.46 Å². The molecule has 0 unspecified atom stereocenters. The molecular formula is C20H20FN3O6S. The van der Waals surface area contributed by atoms with Crippen LogP contribution in [0.5, 0.6) is 5.75 Å². The third-order valence-electron chi connectivity index (χ3n) is 4.23. The number of rotatable bonds is 8. The zero-order chi connectivity index (χ0) is 22.6. The maximum absolute atomic E-state index is 13.8. The largest absolute Gasteiger partial charge is 0.497 e. The summed E-state index contributed by atoms with van der Waals surface area (Å²) in [5, 5.41) is 7.79. The van der Waals surface area contributed by atoms with Gasteiger partial charge in [0.25, 0.3) is 5.89 Å². The van der Waals surface area contributed by atoms with Gasteiger partial charge in [0, 0.05) is 5.56 Å². The van der Waals surface area contributed by atoms with Gasteiger partial charge in [-0.05, 0) is 50.2 Å². The van der Waals surface area contributed by atoms with Crippen molar-refractivity contribution in [1.29, 1.82) is 0 Å².